The summed E-state index contributed by atoms with van der Waals surface area (Å²) in [7, 11) is 0. The molecule has 8 aromatic carbocycles. The van der Waals surface area contributed by atoms with Gasteiger partial charge in [0.25, 0.3) is 0 Å². The Hall–Kier alpha value is -9.68. The minimum absolute atomic E-state index is 0.102. The summed E-state index contributed by atoms with van der Waals surface area (Å²) in [5.41, 5.74) is 9.31. The van der Waals surface area contributed by atoms with Gasteiger partial charge in [-0.3, -0.25) is 52.1 Å². The number of benzene rings is 8. The molecule has 4 aliphatic rings. The van der Waals surface area contributed by atoms with Crippen molar-refractivity contribution in [2.45, 2.75) is 103 Å². The molecule has 0 unspecified atom stereocenters. The maximum Gasteiger partial charge on any atom is 0.321 e. The quantitative estimate of drug-likeness (QED) is 0.0144. The molecule has 0 amide bonds. The lowest BCUT2D eigenvalue weighted by Gasteiger charge is -2.18. The van der Waals surface area contributed by atoms with E-state index in [4.69, 9.17) is 66.0 Å². The summed E-state index contributed by atoms with van der Waals surface area (Å²) < 4.78 is 39.5. The molecule has 31 heteroatoms. The fourth-order valence-electron chi connectivity index (χ4n) is 12.9. The van der Waals surface area contributed by atoms with Crippen molar-refractivity contribution < 1.29 is 57.2 Å². The van der Waals surface area contributed by atoms with Gasteiger partial charge in [0, 0.05) is 21.5 Å². The van der Waals surface area contributed by atoms with E-state index in [-0.39, 0.29) is 61.3 Å². The lowest BCUT2D eigenvalue weighted by Crippen LogP contribution is -2.32. The van der Waals surface area contributed by atoms with Crippen molar-refractivity contribution in [2.75, 3.05) is 61.3 Å². The number of alkyl halides is 3. The van der Waals surface area contributed by atoms with E-state index in [2.05, 4.69) is 159 Å². The first-order chi connectivity index (χ1) is 53.3. The maximum atomic E-state index is 13.6. The van der Waals surface area contributed by atoms with E-state index in [1.54, 1.807) is 25.3 Å². The fourth-order valence-corrected chi connectivity index (χ4v) is 15.5. The van der Waals surface area contributed by atoms with Crippen LogP contribution < -0.4 is 0 Å². The van der Waals surface area contributed by atoms with Crippen molar-refractivity contribution in [3.05, 3.63) is 198 Å². The highest BCUT2D eigenvalue weighted by atomic mass is 35.5. The fraction of sp³-hybridized carbons (Fsp3) is 0.308. The Kier molecular flexibility index (Phi) is 25.0. The molecule has 0 spiro atoms. The van der Waals surface area contributed by atoms with Crippen LogP contribution in [0.5, 0.6) is 0 Å². The number of aromatic nitrogens is 12. The first-order valence-electron chi connectivity index (χ1n) is 35.3. The van der Waals surface area contributed by atoms with E-state index in [0.717, 1.165) is 56.6 Å². The second kappa shape index (κ2) is 35.8. The van der Waals surface area contributed by atoms with Gasteiger partial charge in [-0.1, -0.05) is 157 Å². The van der Waals surface area contributed by atoms with Gasteiger partial charge in [0.15, 0.2) is 32.4 Å². The predicted octanol–water partition coefficient (Wildman–Crippen LogP) is 14.9. The number of rotatable bonds is 30. The van der Waals surface area contributed by atoms with Gasteiger partial charge in [-0.05, 0) is 155 Å². The van der Waals surface area contributed by atoms with E-state index >= 15 is 0 Å². The van der Waals surface area contributed by atoms with Gasteiger partial charge in [0.2, 0.25) is 0 Å². The van der Waals surface area contributed by atoms with Gasteiger partial charge in [-0.2, -0.15) is 5.10 Å². The molecule has 560 valence electrons. The van der Waals surface area contributed by atoms with Crippen molar-refractivity contribution in [3.8, 4) is 22.7 Å². The summed E-state index contributed by atoms with van der Waals surface area (Å²) >= 11 is 24.5. The standard InChI is InChI=1S/C54H47N9O6S3.C15H13N3S.C9H11Cl3O6/c64-49(27-70-52-58-55-30-61(52)46-22-19-37(33-13-14-33)40-7-1-4-10-43(40)46)67-25-36(69-51(66)29-72-54-60-57-32-63(54)48-24-21-39(35-17-18-35)42-9-3-6-12-45(42)48)26-68-50(65)28-71-53-59-56-31-62(53)47-23-20-38(34-15-16-34)41-8-2-5-11-44(41)47;19-15-17-16-9-18(15)14-8-7-11(10-5-6-10)12-3-1-2-4-13(12)14;10-1-7(13)16-4-6(18-9(15)3-12)5-17-8(14)2-11/h1-12,19-24,30-36H,13-18,25-29H2;1-4,7-10H,5-6H2,(H,17,19);6H,1-5H2. The molecule has 4 aliphatic carbocycles. The van der Waals surface area contributed by atoms with Crippen molar-refractivity contribution in [1.29, 1.82) is 0 Å². The zero-order valence-electron chi connectivity index (χ0n) is 58.4. The number of esters is 6. The topological polar surface area (TPSA) is 284 Å². The van der Waals surface area contributed by atoms with Gasteiger partial charge >= 0.3 is 35.8 Å². The van der Waals surface area contributed by atoms with Crippen LogP contribution in [0.1, 0.15) is 97.3 Å². The van der Waals surface area contributed by atoms with Crippen LogP contribution in [0.25, 0.3) is 65.8 Å². The third-order valence-electron chi connectivity index (χ3n) is 18.5. The number of nitrogens with zero attached hydrogens (tertiary/aromatic N) is 11. The Labute approximate surface area is 657 Å². The van der Waals surface area contributed by atoms with Crippen molar-refractivity contribution >= 4 is 161 Å². The molecule has 4 aromatic heterocycles. The molecular weight excluding hydrogens is 1530 g/mol. The lowest BCUT2D eigenvalue weighted by molar-refractivity contribution is -0.163. The maximum absolute atomic E-state index is 13.6. The Morgan fingerprint density at radius 2 is 0.661 bits per heavy atom. The molecule has 0 atom stereocenters. The van der Waals surface area contributed by atoms with E-state index in [1.807, 2.05) is 54.7 Å². The van der Waals surface area contributed by atoms with Crippen LogP contribution in [0.3, 0.4) is 0 Å². The van der Waals surface area contributed by atoms with Crippen molar-refractivity contribution in [2.24, 2.45) is 0 Å². The number of aromatic amines is 1. The zero-order valence-corrected chi connectivity index (χ0v) is 64.0. The third-order valence-corrected chi connectivity index (χ3v) is 22.2. The molecule has 24 nitrogen and oxygen atoms in total. The van der Waals surface area contributed by atoms with Crippen LogP contribution in [0.4, 0.5) is 0 Å². The first-order valence-corrected chi connectivity index (χ1v) is 40.3. The highest BCUT2D eigenvalue weighted by Gasteiger charge is 2.31. The summed E-state index contributed by atoms with van der Waals surface area (Å²) in [4.78, 5) is 73.0. The summed E-state index contributed by atoms with van der Waals surface area (Å²) in [6.45, 7) is -1.29. The summed E-state index contributed by atoms with van der Waals surface area (Å²) in [5, 5.41) is 43.2. The molecule has 4 heterocycles. The van der Waals surface area contributed by atoms with E-state index in [1.165, 1.54) is 124 Å². The second-order valence-corrected chi connectivity index (χ2v) is 30.2. The Morgan fingerprint density at radius 3 is 0.954 bits per heavy atom. The van der Waals surface area contributed by atoms with Crippen molar-refractivity contribution in [1.82, 2.24) is 59.1 Å². The molecule has 12 aromatic rings. The van der Waals surface area contributed by atoms with E-state index in [9.17, 15) is 28.8 Å². The first kappa shape index (κ1) is 76.1. The molecule has 109 heavy (non-hydrogen) atoms. The number of thioether (sulfide) groups is 3. The molecular formula is C78H71Cl3N12O12S4. The number of nitrogens with one attached hydrogen (secondary N) is 1. The minimum atomic E-state index is -1.11. The van der Waals surface area contributed by atoms with Crippen LogP contribution >= 0.6 is 82.3 Å². The van der Waals surface area contributed by atoms with Gasteiger partial charge in [0.05, 0.1) is 40.0 Å². The monoisotopic (exact) mass is 1600 g/mol. The van der Waals surface area contributed by atoms with Gasteiger partial charge in [-0.25, -0.2) is 0 Å². The number of hydrogen-bond donors (Lipinski definition) is 1. The summed E-state index contributed by atoms with van der Waals surface area (Å²) in [5.74, 6) is -2.79. The molecule has 0 bridgehead atoms. The number of ether oxygens (including phenoxy) is 6. The average Bonchev–Trinajstić information content (AvgIpc) is 1.49. The highest BCUT2D eigenvalue weighted by Crippen LogP contribution is 2.48. The normalized spacial score (nSPS) is 13.9. The predicted molar refractivity (Wildman–Crippen MR) is 419 cm³/mol. The SMILES string of the molecule is O=C(CCl)OCC(COC(=O)CCl)OC(=O)CCl.O=C(CSc1nncn1-c1ccc(C2CC2)c2ccccc12)OCC(COC(=O)CSc1nncn1-c1ccc(C2CC2)c2ccccc12)OC(=O)CSc1nncn1-c1ccc(C2CC2)c2ccccc12.S=c1[nH]ncn1-c1ccc(C2CC2)c2ccccc12. The van der Waals surface area contributed by atoms with Crippen LogP contribution in [-0.2, 0) is 57.2 Å². The van der Waals surface area contributed by atoms with Gasteiger partial charge in [-0.15, -0.1) is 65.4 Å². The van der Waals surface area contributed by atoms with E-state index < -0.39 is 48.0 Å². The number of carbonyl (C=O) groups excluding carboxylic acids is 6. The van der Waals surface area contributed by atoms with Gasteiger partial charge < -0.3 is 28.4 Å². The summed E-state index contributed by atoms with van der Waals surface area (Å²) in [6.07, 6.45) is 14.3. The van der Waals surface area contributed by atoms with Crippen LogP contribution in [-0.4, -0.2) is 168 Å². The minimum Gasteiger partial charge on any atom is -0.461 e. The van der Waals surface area contributed by atoms with Gasteiger partial charge in [0.1, 0.15) is 69.4 Å². The number of H-pyrrole nitrogens is 1. The number of carbonyl (C=O) groups is 6. The number of fused-ring (bicyclic) bond motifs is 4. The molecule has 1 N–H and O–H groups in total. The molecule has 0 saturated heterocycles. The second-order valence-electron chi connectivity index (χ2n) is 26.2. The molecule has 4 fully saturated rings. The summed E-state index contributed by atoms with van der Waals surface area (Å²) in [6, 6.07) is 50.6. The van der Waals surface area contributed by atoms with Crippen LogP contribution in [0.2, 0.25) is 0 Å². The van der Waals surface area contributed by atoms with E-state index in [0.29, 0.717) is 38.0 Å². The molecule has 16 rings (SSSR count). The van der Waals surface area contributed by atoms with Crippen molar-refractivity contribution in [3.63, 3.8) is 0 Å². The lowest BCUT2D eigenvalue weighted by atomic mass is 9.99. The smallest absolute Gasteiger partial charge is 0.321 e. The number of halogens is 3. The molecule has 0 aliphatic heterocycles. The zero-order chi connectivity index (χ0) is 75.3. The highest BCUT2D eigenvalue weighted by molar-refractivity contribution is 8.00. The number of hydrogen-bond acceptors (Lipinski definition) is 23. The molecule has 0 radical (unpaired) electrons. The van der Waals surface area contributed by atoms with Crippen LogP contribution in [0.15, 0.2) is 186 Å². The van der Waals surface area contributed by atoms with Crippen LogP contribution in [0, 0.1) is 4.77 Å². The average molecular weight is 1600 g/mol. The Balaban J connectivity index is 0.000000218. The third kappa shape index (κ3) is 19.0. The molecule has 4 saturated carbocycles. The Morgan fingerprint density at radius 1 is 0.376 bits per heavy atom. The Bertz CT molecular complexity index is 5220. The largest absolute Gasteiger partial charge is 0.461 e.